The quantitative estimate of drug-likeness (QED) is 0.877. The molecule has 0 bridgehead atoms. The van der Waals surface area contributed by atoms with Crippen LogP contribution in [-0.2, 0) is 0 Å². The van der Waals surface area contributed by atoms with E-state index < -0.39 is 0 Å². The topological polar surface area (TPSA) is 59.8 Å². The zero-order chi connectivity index (χ0) is 13.2. The van der Waals surface area contributed by atoms with E-state index in [-0.39, 0.29) is 5.91 Å². The highest BCUT2D eigenvalue weighted by Crippen LogP contribution is 2.31. The van der Waals surface area contributed by atoms with Gasteiger partial charge in [-0.15, -0.1) is 0 Å². The first-order valence-electron chi connectivity index (χ1n) is 6.20. The highest BCUT2D eigenvalue weighted by molar-refractivity contribution is 6.29. The minimum Gasteiger partial charge on any atom is -0.318 e. The van der Waals surface area contributed by atoms with E-state index in [1.54, 1.807) is 24.4 Å². The van der Waals surface area contributed by atoms with Gasteiger partial charge in [0.15, 0.2) is 0 Å². The van der Waals surface area contributed by atoms with E-state index in [4.69, 9.17) is 11.6 Å². The van der Waals surface area contributed by atoms with Crippen LogP contribution in [-0.4, -0.2) is 20.7 Å². The number of amides is 1. The number of aromatic nitrogens is 3. The lowest BCUT2D eigenvalue weighted by Crippen LogP contribution is -2.17. The normalized spacial score (nSPS) is 15.0. The maximum absolute atomic E-state index is 12.0. The summed E-state index contributed by atoms with van der Waals surface area (Å²) in [6.07, 6.45) is 7.07. The fourth-order valence-corrected chi connectivity index (χ4v) is 2.15. The van der Waals surface area contributed by atoms with Crippen molar-refractivity contribution in [2.75, 3.05) is 5.32 Å². The summed E-state index contributed by atoms with van der Waals surface area (Å²) in [6.45, 7) is 0. The lowest BCUT2D eigenvalue weighted by atomic mass is 9.93. The summed E-state index contributed by atoms with van der Waals surface area (Å²) in [4.78, 5) is 15.9. The number of halogens is 1. The van der Waals surface area contributed by atoms with Gasteiger partial charge in [-0.05, 0) is 31.4 Å². The number of carbonyl (C=O) groups is 1. The Labute approximate surface area is 115 Å². The van der Waals surface area contributed by atoms with Gasteiger partial charge >= 0.3 is 0 Å². The van der Waals surface area contributed by atoms with Gasteiger partial charge in [-0.1, -0.05) is 17.7 Å². The Balaban J connectivity index is 1.70. The third-order valence-electron chi connectivity index (χ3n) is 3.26. The lowest BCUT2D eigenvalue weighted by molar-refractivity contribution is 0.102. The Kier molecular flexibility index (Phi) is 3.21. The van der Waals surface area contributed by atoms with E-state index in [1.807, 2.05) is 10.9 Å². The molecular formula is C13H13ClN4O. The lowest BCUT2D eigenvalue weighted by Gasteiger charge is -2.25. The van der Waals surface area contributed by atoms with Gasteiger partial charge in [-0.25, -0.2) is 4.98 Å². The van der Waals surface area contributed by atoms with Gasteiger partial charge in [0.1, 0.15) is 10.8 Å². The number of hydrogen-bond acceptors (Lipinski definition) is 3. The van der Waals surface area contributed by atoms with Gasteiger partial charge in [0, 0.05) is 6.20 Å². The molecule has 2 aromatic heterocycles. The van der Waals surface area contributed by atoms with E-state index in [0.717, 1.165) is 12.8 Å². The van der Waals surface area contributed by atoms with Crippen molar-refractivity contribution in [1.29, 1.82) is 0 Å². The van der Waals surface area contributed by atoms with E-state index in [2.05, 4.69) is 15.4 Å². The highest BCUT2D eigenvalue weighted by Gasteiger charge is 2.20. The van der Waals surface area contributed by atoms with Crippen LogP contribution < -0.4 is 5.32 Å². The Morgan fingerprint density at radius 1 is 1.42 bits per heavy atom. The number of rotatable bonds is 3. The Hall–Kier alpha value is -1.88. The number of carbonyl (C=O) groups excluding carboxylic acids is 1. The standard InChI is InChI=1S/C13H13ClN4O/c14-12-6-2-5-11(17-12)13(19)16-9-7-15-18(8-9)10-3-1-4-10/h2,5-8,10H,1,3-4H2,(H,16,19). The molecule has 1 amide bonds. The first-order valence-corrected chi connectivity index (χ1v) is 6.58. The van der Waals surface area contributed by atoms with Gasteiger partial charge in [0.25, 0.3) is 5.91 Å². The molecule has 0 atom stereocenters. The molecule has 19 heavy (non-hydrogen) atoms. The summed E-state index contributed by atoms with van der Waals surface area (Å²) >= 11 is 5.76. The van der Waals surface area contributed by atoms with Gasteiger partial charge in [-0.2, -0.15) is 5.10 Å². The summed E-state index contributed by atoms with van der Waals surface area (Å²) in [5.74, 6) is -0.282. The van der Waals surface area contributed by atoms with Gasteiger partial charge in [0.05, 0.1) is 17.9 Å². The predicted molar refractivity (Wildman–Crippen MR) is 72.3 cm³/mol. The molecule has 1 aliphatic rings. The number of pyridine rings is 1. The smallest absolute Gasteiger partial charge is 0.274 e. The molecule has 0 aliphatic heterocycles. The van der Waals surface area contributed by atoms with Gasteiger partial charge < -0.3 is 5.32 Å². The largest absolute Gasteiger partial charge is 0.318 e. The number of hydrogen-bond donors (Lipinski definition) is 1. The molecule has 0 unspecified atom stereocenters. The molecule has 3 rings (SSSR count). The SMILES string of the molecule is O=C(Nc1cnn(C2CCC2)c1)c1cccc(Cl)n1. The molecule has 0 aromatic carbocycles. The summed E-state index contributed by atoms with van der Waals surface area (Å²) in [5.41, 5.74) is 0.975. The summed E-state index contributed by atoms with van der Waals surface area (Å²) in [5, 5.41) is 7.33. The van der Waals surface area contributed by atoms with E-state index in [0.29, 0.717) is 22.6 Å². The first kappa shape index (κ1) is 12.2. The van der Waals surface area contributed by atoms with Crippen LogP contribution in [0, 0.1) is 0 Å². The van der Waals surface area contributed by atoms with Crippen LogP contribution >= 0.6 is 11.6 Å². The molecule has 98 valence electrons. The average Bonchev–Trinajstić information content (AvgIpc) is 2.75. The zero-order valence-corrected chi connectivity index (χ0v) is 11.0. The van der Waals surface area contributed by atoms with Crippen molar-refractivity contribution < 1.29 is 4.79 Å². The molecule has 1 aliphatic carbocycles. The molecule has 1 N–H and O–H groups in total. The number of nitrogens with one attached hydrogen (secondary N) is 1. The second-order valence-corrected chi connectivity index (χ2v) is 4.98. The maximum Gasteiger partial charge on any atom is 0.274 e. The van der Waals surface area contributed by atoms with Crippen molar-refractivity contribution in [3.05, 3.63) is 41.4 Å². The van der Waals surface area contributed by atoms with Crippen molar-refractivity contribution >= 4 is 23.2 Å². The summed E-state index contributed by atoms with van der Waals surface area (Å²) < 4.78 is 1.91. The first-order chi connectivity index (χ1) is 9.22. The van der Waals surface area contributed by atoms with Crippen LogP contribution in [0.5, 0.6) is 0 Å². The van der Waals surface area contributed by atoms with Crippen LogP contribution in [0.4, 0.5) is 5.69 Å². The molecule has 0 spiro atoms. The van der Waals surface area contributed by atoms with Crippen molar-refractivity contribution in [2.45, 2.75) is 25.3 Å². The molecule has 0 radical (unpaired) electrons. The molecular weight excluding hydrogens is 264 g/mol. The number of nitrogens with zero attached hydrogens (tertiary/aromatic N) is 3. The Morgan fingerprint density at radius 2 is 2.26 bits per heavy atom. The van der Waals surface area contributed by atoms with Crippen LogP contribution in [0.15, 0.2) is 30.6 Å². The highest BCUT2D eigenvalue weighted by atomic mass is 35.5. The van der Waals surface area contributed by atoms with E-state index in [1.165, 1.54) is 6.42 Å². The molecule has 2 heterocycles. The molecule has 1 fully saturated rings. The second-order valence-electron chi connectivity index (χ2n) is 4.59. The van der Waals surface area contributed by atoms with Gasteiger partial charge in [0.2, 0.25) is 0 Å². The molecule has 0 saturated heterocycles. The van der Waals surface area contributed by atoms with Crippen LogP contribution in [0.3, 0.4) is 0 Å². The minimum absolute atomic E-state index is 0.282. The molecule has 6 heteroatoms. The van der Waals surface area contributed by atoms with Crippen LogP contribution in [0.1, 0.15) is 35.8 Å². The van der Waals surface area contributed by atoms with Crippen molar-refractivity contribution in [3.8, 4) is 0 Å². The minimum atomic E-state index is -0.282. The maximum atomic E-state index is 12.0. The predicted octanol–water partition coefficient (Wildman–Crippen LogP) is 2.91. The fourth-order valence-electron chi connectivity index (χ4n) is 1.98. The molecule has 5 nitrogen and oxygen atoms in total. The summed E-state index contributed by atoms with van der Waals surface area (Å²) in [7, 11) is 0. The monoisotopic (exact) mass is 276 g/mol. The third-order valence-corrected chi connectivity index (χ3v) is 3.47. The van der Waals surface area contributed by atoms with Crippen LogP contribution in [0.2, 0.25) is 5.15 Å². The summed E-state index contributed by atoms with van der Waals surface area (Å²) in [6, 6.07) is 5.43. The molecule has 2 aromatic rings. The number of anilines is 1. The third kappa shape index (κ3) is 2.61. The zero-order valence-electron chi connectivity index (χ0n) is 10.2. The fraction of sp³-hybridized carbons (Fsp3) is 0.308. The average molecular weight is 277 g/mol. The van der Waals surface area contributed by atoms with Crippen molar-refractivity contribution in [2.24, 2.45) is 0 Å². The second kappa shape index (κ2) is 5.01. The van der Waals surface area contributed by atoms with E-state index >= 15 is 0 Å². The van der Waals surface area contributed by atoms with E-state index in [9.17, 15) is 4.79 Å². The van der Waals surface area contributed by atoms with Gasteiger partial charge in [-0.3, -0.25) is 9.48 Å². The van der Waals surface area contributed by atoms with Crippen molar-refractivity contribution in [3.63, 3.8) is 0 Å². The Bertz CT molecular complexity index is 606. The molecule has 1 saturated carbocycles. The van der Waals surface area contributed by atoms with Crippen LogP contribution in [0.25, 0.3) is 0 Å². The Morgan fingerprint density at radius 3 is 2.95 bits per heavy atom. The van der Waals surface area contributed by atoms with Crippen molar-refractivity contribution in [1.82, 2.24) is 14.8 Å².